The van der Waals surface area contributed by atoms with E-state index in [9.17, 15) is 17.7 Å². The fraction of sp³-hybridized carbons (Fsp3) is 0.444. The lowest BCUT2D eigenvalue weighted by molar-refractivity contribution is -0.137. The van der Waals surface area contributed by atoms with Crippen LogP contribution in [0.3, 0.4) is 0 Å². The average molecular weight is 413 g/mol. The van der Waals surface area contributed by atoms with Crippen LogP contribution in [0.25, 0.3) is 0 Å². The second-order valence-corrected chi connectivity index (χ2v) is 10.3. The Hall–Kier alpha value is -2.12. The molecule has 1 fully saturated rings. The SMILES string of the molecule is CP(C)(=O)c1ccccc1Nc1nc(N[C@H]2CCCNC2)ncc1C(F)(F)F. The van der Waals surface area contributed by atoms with Crippen molar-refractivity contribution in [2.45, 2.75) is 25.1 Å². The first kappa shape index (κ1) is 20.6. The highest BCUT2D eigenvalue weighted by Crippen LogP contribution is 2.40. The van der Waals surface area contributed by atoms with Gasteiger partial charge in [0.05, 0.1) is 5.69 Å². The molecule has 0 saturated carbocycles. The molecule has 1 atom stereocenters. The number of halogens is 3. The second-order valence-electron chi connectivity index (χ2n) is 7.13. The number of rotatable bonds is 5. The Labute approximate surface area is 161 Å². The van der Waals surface area contributed by atoms with Crippen molar-refractivity contribution in [1.82, 2.24) is 15.3 Å². The molecule has 1 aliphatic heterocycles. The van der Waals surface area contributed by atoms with Gasteiger partial charge in [-0.15, -0.1) is 0 Å². The first-order valence-electron chi connectivity index (χ1n) is 8.97. The maximum absolute atomic E-state index is 13.5. The smallest absolute Gasteiger partial charge is 0.350 e. The number of aromatic nitrogens is 2. The Morgan fingerprint density at radius 3 is 2.64 bits per heavy atom. The number of anilines is 3. The lowest BCUT2D eigenvalue weighted by atomic mass is 10.1. The van der Waals surface area contributed by atoms with Gasteiger partial charge in [0, 0.05) is 24.1 Å². The zero-order chi connectivity index (χ0) is 20.4. The maximum Gasteiger partial charge on any atom is 0.421 e. The lowest BCUT2D eigenvalue weighted by Crippen LogP contribution is -2.38. The lowest BCUT2D eigenvalue weighted by Gasteiger charge is -2.24. The normalized spacial score (nSPS) is 18.0. The molecule has 0 bridgehead atoms. The first-order chi connectivity index (χ1) is 13.1. The van der Waals surface area contributed by atoms with Crippen molar-refractivity contribution in [3.63, 3.8) is 0 Å². The molecule has 0 spiro atoms. The Morgan fingerprint density at radius 2 is 2.00 bits per heavy atom. The Kier molecular flexibility index (Phi) is 5.95. The number of piperidine rings is 1. The molecular formula is C18H23F3N5OP. The summed E-state index contributed by atoms with van der Waals surface area (Å²) in [6.45, 7) is 4.76. The van der Waals surface area contributed by atoms with Crippen LogP contribution in [0, 0.1) is 0 Å². The third kappa shape index (κ3) is 5.02. The molecule has 152 valence electrons. The molecule has 1 saturated heterocycles. The standard InChI is InChI=1S/C18H23F3N5OP/c1-28(2,27)15-8-4-3-7-14(15)25-16-13(18(19,20)21)11-23-17(26-16)24-12-6-5-9-22-10-12/h3-4,7-8,11-12,22H,5-6,9-10H2,1-2H3,(H2,23,24,25,26)/t12-/m0/s1. The van der Waals surface area contributed by atoms with Crippen LogP contribution in [0.4, 0.5) is 30.6 Å². The third-order valence-electron chi connectivity index (χ3n) is 4.46. The fourth-order valence-corrected chi connectivity index (χ4v) is 4.24. The maximum atomic E-state index is 13.5. The molecule has 1 aromatic carbocycles. The summed E-state index contributed by atoms with van der Waals surface area (Å²) in [5, 5.41) is 9.51. The van der Waals surface area contributed by atoms with E-state index in [2.05, 4.69) is 25.9 Å². The van der Waals surface area contributed by atoms with Gasteiger partial charge in [-0.3, -0.25) is 0 Å². The van der Waals surface area contributed by atoms with Crippen LogP contribution in [0.1, 0.15) is 18.4 Å². The van der Waals surface area contributed by atoms with E-state index in [4.69, 9.17) is 0 Å². The minimum atomic E-state index is -4.62. The molecule has 3 rings (SSSR count). The topological polar surface area (TPSA) is 78.9 Å². The highest BCUT2D eigenvalue weighted by atomic mass is 31.2. The van der Waals surface area contributed by atoms with Gasteiger partial charge in [0.15, 0.2) is 0 Å². The molecule has 0 aliphatic carbocycles. The third-order valence-corrected chi connectivity index (χ3v) is 6.01. The van der Waals surface area contributed by atoms with Crippen LogP contribution in [-0.4, -0.2) is 42.4 Å². The molecule has 2 heterocycles. The molecule has 1 aromatic heterocycles. The minimum absolute atomic E-state index is 0.0529. The van der Waals surface area contributed by atoms with Gasteiger partial charge in [-0.05, 0) is 44.8 Å². The van der Waals surface area contributed by atoms with Gasteiger partial charge in [-0.25, -0.2) is 4.98 Å². The van der Waals surface area contributed by atoms with Gasteiger partial charge in [0.25, 0.3) is 0 Å². The van der Waals surface area contributed by atoms with E-state index in [1.54, 1.807) is 37.6 Å². The van der Waals surface area contributed by atoms with Crippen molar-refractivity contribution < 1.29 is 17.7 Å². The van der Waals surface area contributed by atoms with Crippen LogP contribution in [0.5, 0.6) is 0 Å². The van der Waals surface area contributed by atoms with Crippen molar-refractivity contribution in [3.05, 3.63) is 36.0 Å². The van der Waals surface area contributed by atoms with E-state index >= 15 is 0 Å². The van der Waals surface area contributed by atoms with Crippen LogP contribution in [-0.2, 0) is 10.7 Å². The van der Waals surface area contributed by atoms with Gasteiger partial charge < -0.3 is 20.5 Å². The number of benzene rings is 1. The number of nitrogens with zero attached hydrogens (tertiary/aromatic N) is 2. The van der Waals surface area contributed by atoms with Crippen molar-refractivity contribution in [3.8, 4) is 0 Å². The Balaban J connectivity index is 1.96. The predicted molar refractivity (Wildman–Crippen MR) is 105 cm³/mol. The highest BCUT2D eigenvalue weighted by molar-refractivity contribution is 7.70. The molecule has 6 nitrogen and oxygen atoms in total. The van der Waals surface area contributed by atoms with Crippen LogP contribution >= 0.6 is 7.14 Å². The first-order valence-corrected chi connectivity index (χ1v) is 11.6. The molecule has 2 aromatic rings. The summed E-state index contributed by atoms with van der Waals surface area (Å²) in [6.07, 6.45) is -1.99. The van der Waals surface area contributed by atoms with Gasteiger partial charge in [-0.1, -0.05) is 12.1 Å². The van der Waals surface area contributed by atoms with Gasteiger partial charge in [0.1, 0.15) is 18.5 Å². The van der Waals surface area contributed by atoms with Crippen molar-refractivity contribution in [2.24, 2.45) is 0 Å². The summed E-state index contributed by atoms with van der Waals surface area (Å²) in [7, 11) is -2.70. The molecule has 0 radical (unpaired) electrons. The summed E-state index contributed by atoms with van der Waals surface area (Å²) in [4.78, 5) is 7.93. The van der Waals surface area contributed by atoms with E-state index in [0.717, 1.165) is 25.6 Å². The zero-order valence-corrected chi connectivity index (χ0v) is 16.6. The van der Waals surface area contributed by atoms with E-state index in [1.807, 2.05) is 0 Å². The molecule has 28 heavy (non-hydrogen) atoms. The number of para-hydroxylation sites is 1. The molecule has 3 N–H and O–H groups in total. The molecule has 1 aliphatic rings. The minimum Gasteiger partial charge on any atom is -0.350 e. The zero-order valence-electron chi connectivity index (χ0n) is 15.7. The molecule has 0 unspecified atom stereocenters. The second kappa shape index (κ2) is 8.09. The van der Waals surface area contributed by atoms with E-state index in [-0.39, 0.29) is 17.8 Å². The average Bonchev–Trinajstić information content (AvgIpc) is 2.61. The summed E-state index contributed by atoms with van der Waals surface area (Å²) in [5.41, 5.74) is -0.637. The quantitative estimate of drug-likeness (QED) is 0.650. The number of hydrogen-bond donors (Lipinski definition) is 3. The number of alkyl halides is 3. The van der Waals surface area contributed by atoms with Gasteiger partial charge >= 0.3 is 6.18 Å². The van der Waals surface area contributed by atoms with E-state index in [0.29, 0.717) is 17.5 Å². The van der Waals surface area contributed by atoms with Crippen molar-refractivity contribution in [1.29, 1.82) is 0 Å². The summed E-state index contributed by atoms with van der Waals surface area (Å²) in [6, 6.07) is 6.66. The Bertz CT molecular complexity index is 878. The van der Waals surface area contributed by atoms with Crippen molar-refractivity contribution in [2.75, 3.05) is 37.1 Å². The van der Waals surface area contributed by atoms with Gasteiger partial charge in [0.2, 0.25) is 5.95 Å². The summed E-state index contributed by atoms with van der Waals surface area (Å²) >= 11 is 0. The fourth-order valence-electron chi connectivity index (χ4n) is 3.09. The largest absolute Gasteiger partial charge is 0.421 e. The Morgan fingerprint density at radius 1 is 1.25 bits per heavy atom. The van der Waals surface area contributed by atoms with Gasteiger partial charge in [-0.2, -0.15) is 18.2 Å². The van der Waals surface area contributed by atoms with Crippen LogP contribution < -0.4 is 21.3 Å². The number of nitrogens with one attached hydrogen (secondary N) is 3. The highest BCUT2D eigenvalue weighted by Gasteiger charge is 2.36. The van der Waals surface area contributed by atoms with Crippen LogP contribution in [0.2, 0.25) is 0 Å². The molecule has 10 heteroatoms. The molecule has 0 amide bonds. The summed E-state index contributed by atoms with van der Waals surface area (Å²) in [5.74, 6) is -0.243. The molecular weight excluding hydrogens is 390 g/mol. The predicted octanol–water partition coefficient (Wildman–Crippen LogP) is 3.65. The van der Waals surface area contributed by atoms with E-state index in [1.165, 1.54) is 0 Å². The van der Waals surface area contributed by atoms with Crippen LogP contribution in [0.15, 0.2) is 30.5 Å². The summed E-state index contributed by atoms with van der Waals surface area (Å²) < 4.78 is 52.9. The monoisotopic (exact) mass is 413 g/mol. The van der Waals surface area contributed by atoms with E-state index < -0.39 is 18.9 Å². The number of hydrogen-bond acceptors (Lipinski definition) is 6. The van der Waals surface area contributed by atoms with Crippen molar-refractivity contribution >= 4 is 29.9 Å².